The third kappa shape index (κ3) is 2.73. The van der Waals surface area contributed by atoms with Crippen LogP contribution in [0.1, 0.15) is 34.6 Å². The van der Waals surface area contributed by atoms with E-state index < -0.39 is 0 Å². The zero-order chi connectivity index (χ0) is 14.9. The smallest absolute Gasteiger partial charge is 0.262 e. The summed E-state index contributed by atoms with van der Waals surface area (Å²) in [5.74, 6) is -0.439. The number of fused-ring (bicyclic) bond motifs is 1. The third-order valence-corrected chi connectivity index (χ3v) is 3.51. The second kappa shape index (κ2) is 5.34. The maximum atomic E-state index is 12.2. The summed E-state index contributed by atoms with van der Waals surface area (Å²) in [5, 5.41) is 0. The molecule has 20 heavy (non-hydrogen) atoms. The Morgan fingerprint density at radius 2 is 1.65 bits per heavy atom. The Hall–Kier alpha value is -1.72. The lowest BCUT2D eigenvalue weighted by molar-refractivity contribution is 0.0532. The van der Waals surface area contributed by atoms with Gasteiger partial charge in [0, 0.05) is 6.54 Å². The molecule has 0 fully saturated rings. The molecule has 0 radical (unpaired) electrons. The summed E-state index contributed by atoms with van der Waals surface area (Å²) < 4.78 is 0. The van der Waals surface area contributed by atoms with Crippen molar-refractivity contribution in [3.63, 3.8) is 0 Å². The van der Waals surface area contributed by atoms with Gasteiger partial charge in [0.2, 0.25) is 0 Å². The minimum absolute atomic E-state index is 0.0482. The maximum absolute atomic E-state index is 12.2. The molecule has 0 saturated carbocycles. The van der Waals surface area contributed by atoms with E-state index in [1.54, 1.807) is 24.3 Å². The van der Waals surface area contributed by atoms with Crippen LogP contribution < -0.4 is 5.73 Å². The zero-order valence-corrected chi connectivity index (χ0v) is 12.2. The van der Waals surface area contributed by atoms with Crippen molar-refractivity contribution in [3.05, 3.63) is 35.4 Å². The largest absolute Gasteiger partial charge is 0.330 e. The van der Waals surface area contributed by atoms with Gasteiger partial charge in [-0.3, -0.25) is 19.4 Å². The lowest BCUT2D eigenvalue weighted by Crippen LogP contribution is -2.44. The van der Waals surface area contributed by atoms with Gasteiger partial charge in [-0.15, -0.1) is 0 Å². The number of hydrogen-bond acceptors (Lipinski definition) is 4. The summed E-state index contributed by atoms with van der Waals surface area (Å²) >= 11 is 0. The van der Waals surface area contributed by atoms with Crippen LogP contribution in [0.15, 0.2) is 24.3 Å². The standard InChI is InChI=1S/C15H21N3O2/c1-15(2,8-16)9-17(3)10-18-13(19)11-6-4-5-7-12(11)14(18)20/h4-7H,8-10,16H2,1-3H3. The third-order valence-electron chi connectivity index (χ3n) is 3.51. The van der Waals surface area contributed by atoms with Gasteiger partial charge < -0.3 is 5.73 Å². The van der Waals surface area contributed by atoms with Crippen LogP contribution in [0.4, 0.5) is 0 Å². The van der Waals surface area contributed by atoms with Gasteiger partial charge in [0.05, 0.1) is 17.8 Å². The van der Waals surface area contributed by atoms with Crippen LogP contribution in [0, 0.1) is 5.41 Å². The highest BCUT2D eigenvalue weighted by Gasteiger charge is 2.35. The molecule has 2 rings (SSSR count). The monoisotopic (exact) mass is 275 g/mol. The van der Waals surface area contributed by atoms with E-state index in [1.165, 1.54) is 4.90 Å². The van der Waals surface area contributed by atoms with E-state index >= 15 is 0 Å². The summed E-state index contributed by atoms with van der Waals surface area (Å²) in [6.45, 7) is 5.68. The summed E-state index contributed by atoms with van der Waals surface area (Å²) in [4.78, 5) is 27.7. The molecule has 0 aromatic heterocycles. The molecule has 5 heteroatoms. The van der Waals surface area contributed by atoms with Crippen molar-refractivity contribution in [3.8, 4) is 0 Å². The molecule has 0 aliphatic carbocycles. The molecule has 0 unspecified atom stereocenters. The maximum Gasteiger partial charge on any atom is 0.262 e. The van der Waals surface area contributed by atoms with Crippen LogP contribution in [0.25, 0.3) is 0 Å². The first-order chi connectivity index (χ1) is 9.35. The Balaban J connectivity index is 2.09. The molecular weight excluding hydrogens is 254 g/mol. The molecule has 0 atom stereocenters. The number of hydrogen-bond donors (Lipinski definition) is 1. The number of nitrogens with zero attached hydrogens (tertiary/aromatic N) is 2. The van der Waals surface area contributed by atoms with E-state index in [9.17, 15) is 9.59 Å². The minimum atomic E-state index is -0.219. The van der Waals surface area contributed by atoms with Gasteiger partial charge in [-0.05, 0) is 31.1 Å². The Morgan fingerprint density at radius 1 is 1.15 bits per heavy atom. The first-order valence-electron chi connectivity index (χ1n) is 6.69. The van der Waals surface area contributed by atoms with E-state index in [1.807, 2.05) is 11.9 Å². The van der Waals surface area contributed by atoms with Crippen molar-refractivity contribution >= 4 is 11.8 Å². The number of rotatable bonds is 5. The van der Waals surface area contributed by atoms with Crippen molar-refractivity contribution in [2.24, 2.45) is 11.1 Å². The van der Waals surface area contributed by atoms with E-state index in [0.29, 0.717) is 17.7 Å². The number of carbonyl (C=O) groups is 2. The Morgan fingerprint density at radius 3 is 2.10 bits per heavy atom. The first kappa shape index (κ1) is 14.7. The lowest BCUT2D eigenvalue weighted by atomic mass is 9.93. The van der Waals surface area contributed by atoms with Gasteiger partial charge in [0.15, 0.2) is 0 Å². The molecule has 2 N–H and O–H groups in total. The summed E-state index contributed by atoms with van der Waals surface area (Å²) in [6.07, 6.45) is 0. The van der Waals surface area contributed by atoms with Gasteiger partial charge in [0.1, 0.15) is 0 Å². The predicted molar refractivity (Wildman–Crippen MR) is 77.3 cm³/mol. The molecule has 1 aliphatic heterocycles. The van der Waals surface area contributed by atoms with Crippen LogP contribution in [0.2, 0.25) is 0 Å². The van der Waals surface area contributed by atoms with Crippen molar-refractivity contribution in [2.75, 3.05) is 26.8 Å². The fourth-order valence-electron chi connectivity index (χ4n) is 2.45. The van der Waals surface area contributed by atoms with Gasteiger partial charge >= 0.3 is 0 Å². The molecule has 0 bridgehead atoms. The van der Waals surface area contributed by atoms with Crippen LogP contribution >= 0.6 is 0 Å². The van der Waals surface area contributed by atoms with Crippen molar-refractivity contribution in [1.82, 2.24) is 9.80 Å². The van der Waals surface area contributed by atoms with Gasteiger partial charge in [-0.25, -0.2) is 0 Å². The highest BCUT2D eigenvalue weighted by molar-refractivity contribution is 6.21. The molecule has 5 nitrogen and oxygen atoms in total. The van der Waals surface area contributed by atoms with E-state index in [0.717, 1.165) is 6.54 Å². The van der Waals surface area contributed by atoms with Gasteiger partial charge in [0.25, 0.3) is 11.8 Å². The second-order valence-corrected chi connectivity index (χ2v) is 6.11. The van der Waals surface area contributed by atoms with Crippen molar-refractivity contribution in [1.29, 1.82) is 0 Å². The molecule has 1 heterocycles. The molecule has 1 aromatic carbocycles. The predicted octanol–water partition coefficient (Wildman–Crippen LogP) is 1.16. The average molecular weight is 275 g/mol. The topological polar surface area (TPSA) is 66.6 Å². The highest BCUT2D eigenvalue weighted by Crippen LogP contribution is 2.23. The van der Waals surface area contributed by atoms with Crippen LogP contribution in [-0.2, 0) is 0 Å². The van der Waals surface area contributed by atoms with E-state index in [-0.39, 0.29) is 23.9 Å². The zero-order valence-electron chi connectivity index (χ0n) is 12.2. The Bertz CT molecular complexity index is 505. The summed E-state index contributed by atoms with van der Waals surface area (Å²) in [7, 11) is 1.89. The number of carbonyl (C=O) groups excluding carboxylic acids is 2. The van der Waals surface area contributed by atoms with Crippen molar-refractivity contribution < 1.29 is 9.59 Å². The number of benzene rings is 1. The molecule has 108 valence electrons. The van der Waals surface area contributed by atoms with Crippen molar-refractivity contribution in [2.45, 2.75) is 13.8 Å². The Labute approximate surface area is 119 Å². The van der Waals surface area contributed by atoms with Crippen LogP contribution in [0.3, 0.4) is 0 Å². The molecule has 1 aliphatic rings. The average Bonchev–Trinajstić information content (AvgIpc) is 2.64. The van der Waals surface area contributed by atoms with Crippen LogP contribution in [0.5, 0.6) is 0 Å². The van der Waals surface area contributed by atoms with E-state index in [4.69, 9.17) is 5.73 Å². The van der Waals surface area contributed by atoms with Gasteiger partial charge in [-0.2, -0.15) is 0 Å². The summed E-state index contributed by atoms with van der Waals surface area (Å²) in [5.41, 5.74) is 6.64. The fraction of sp³-hybridized carbons (Fsp3) is 0.467. The first-order valence-corrected chi connectivity index (χ1v) is 6.69. The number of imide groups is 1. The van der Waals surface area contributed by atoms with Crippen LogP contribution in [-0.4, -0.2) is 48.4 Å². The SMILES string of the molecule is CN(CN1C(=O)c2ccccc2C1=O)CC(C)(C)CN. The normalized spacial score (nSPS) is 15.2. The lowest BCUT2D eigenvalue weighted by Gasteiger charge is -2.31. The van der Waals surface area contributed by atoms with Gasteiger partial charge in [-0.1, -0.05) is 26.0 Å². The molecule has 2 amide bonds. The number of amides is 2. The van der Waals surface area contributed by atoms with E-state index in [2.05, 4.69) is 13.8 Å². The number of nitrogens with two attached hydrogens (primary N) is 1. The highest BCUT2D eigenvalue weighted by atomic mass is 16.2. The second-order valence-electron chi connectivity index (χ2n) is 6.11. The fourth-order valence-corrected chi connectivity index (χ4v) is 2.45. The quantitative estimate of drug-likeness (QED) is 0.819. The molecule has 0 spiro atoms. The summed E-state index contributed by atoms with van der Waals surface area (Å²) in [6, 6.07) is 6.93. The molecular formula is C15H21N3O2. The minimum Gasteiger partial charge on any atom is -0.330 e. The Kier molecular flexibility index (Phi) is 3.92. The molecule has 0 saturated heterocycles. The molecule has 1 aromatic rings.